The molecular formula is C16H14F2N2O2S2. The van der Waals surface area contributed by atoms with Crippen molar-refractivity contribution in [3.05, 3.63) is 60.2 Å². The monoisotopic (exact) mass is 368 g/mol. The average molecular weight is 368 g/mol. The van der Waals surface area contributed by atoms with Crippen molar-refractivity contribution in [2.24, 2.45) is 0 Å². The van der Waals surface area contributed by atoms with Gasteiger partial charge in [-0.15, -0.1) is 0 Å². The molecule has 0 bridgehead atoms. The van der Waals surface area contributed by atoms with Gasteiger partial charge >= 0.3 is 0 Å². The van der Waals surface area contributed by atoms with E-state index in [-0.39, 0.29) is 35.0 Å². The summed E-state index contributed by atoms with van der Waals surface area (Å²) in [6.45, 7) is 0. The average Bonchev–Trinajstić information content (AvgIpc) is 2.56. The third-order valence-electron chi connectivity index (χ3n) is 2.72. The number of halogens is 2. The van der Waals surface area contributed by atoms with Crippen LogP contribution in [0.5, 0.6) is 0 Å². The van der Waals surface area contributed by atoms with Crippen molar-refractivity contribution in [2.75, 3.05) is 22.1 Å². The lowest BCUT2D eigenvalue weighted by Crippen LogP contribution is -2.15. The molecule has 2 amide bonds. The summed E-state index contributed by atoms with van der Waals surface area (Å²) in [5, 5.41) is 5.25. The van der Waals surface area contributed by atoms with Crippen LogP contribution in [0.15, 0.2) is 48.5 Å². The maximum atomic E-state index is 12.7. The fourth-order valence-electron chi connectivity index (χ4n) is 1.65. The van der Waals surface area contributed by atoms with Crippen molar-refractivity contribution in [2.45, 2.75) is 0 Å². The standard InChI is InChI=1S/C16H14F2N2O2S2/c17-11-1-5-13(6-2-11)19-15(21)9-23-24-10-16(22)20-14-7-3-12(18)4-8-14/h1-8H,9-10H2,(H,19,21)(H,20,22). The van der Waals surface area contributed by atoms with Crippen LogP contribution in [0.2, 0.25) is 0 Å². The van der Waals surface area contributed by atoms with Crippen molar-refractivity contribution in [1.82, 2.24) is 0 Å². The Morgan fingerprint density at radius 1 is 0.708 bits per heavy atom. The number of nitrogens with one attached hydrogen (secondary N) is 2. The van der Waals surface area contributed by atoms with Crippen LogP contribution in [-0.2, 0) is 9.59 Å². The minimum Gasteiger partial charge on any atom is -0.325 e. The second-order valence-corrected chi connectivity index (χ2v) is 7.10. The third kappa shape index (κ3) is 6.59. The van der Waals surface area contributed by atoms with E-state index in [1.165, 1.54) is 70.1 Å². The van der Waals surface area contributed by atoms with Gasteiger partial charge in [0.25, 0.3) is 0 Å². The van der Waals surface area contributed by atoms with Crippen molar-refractivity contribution in [3.8, 4) is 0 Å². The maximum Gasteiger partial charge on any atom is 0.235 e. The number of carbonyl (C=O) groups is 2. The molecule has 0 saturated carbocycles. The number of benzene rings is 2. The summed E-state index contributed by atoms with van der Waals surface area (Å²) >= 11 is 0. The molecule has 0 unspecified atom stereocenters. The molecule has 0 spiro atoms. The lowest BCUT2D eigenvalue weighted by atomic mass is 10.3. The Labute approximate surface area is 145 Å². The number of carbonyl (C=O) groups excluding carboxylic acids is 2. The zero-order valence-corrected chi connectivity index (χ0v) is 14.1. The van der Waals surface area contributed by atoms with Gasteiger partial charge in [-0.25, -0.2) is 8.78 Å². The van der Waals surface area contributed by atoms with Crippen LogP contribution >= 0.6 is 21.6 Å². The van der Waals surface area contributed by atoms with Gasteiger partial charge in [0.1, 0.15) is 11.6 Å². The Hall–Kier alpha value is -2.06. The van der Waals surface area contributed by atoms with Crippen molar-refractivity contribution in [1.29, 1.82) is 0 Å². The topological polar surface area (TPSA) is 58.2 Å². The summed E-state index contributed by atoms with van der Waals surface area (Å²) in [6, 6.07) is 10.9. The highest BCUT2D eigenvalue weighted by Gasteiger charge is 2.06. The number of hydrogen-bond acceptors (Lipinski definition) is 4. The summed E-state index contributed by atoms with van der Waals surface area (Å²) in [7, 11) is 2.47. The van der Waals surface area contributed by atoms with Crippen LogP contribution in [0.25, 0.3) is 0 Å². The first-order valence-electron chi connectivity index (χ1n) is 6.88. The molecule has 0 fully saturated rings. The number of amides is 2. The van der Waals surface area contributed by atoms with E-state index in [9.17, 15) is 18.4 Å². The molecule has 0 aliphatic heterocycles. The Morgan fingerprint density at radius 3 is 1.38 bits per heavy atom. The number of rotatable bonds is 7. The summed E-state index contributed by atoms with van der Waals surface area (Å²) < 4.78 is 25.5. The molecule has 2 N–H and O–H groups in total. The molecule has 0 saturated heterocycles. The summed E-state index contributed by atoms with van der Waals surface area (Å²) in [5.41, 5.74) is 1.03. The fraction of sp³-hybridized carbons (Fsp3) is 0.125. The van der Waals surface area contributed by atoms with Crippen molar-refractivity contribution < 1.29 is 18.4 Å². The molecule has 8 heteroatoms. The van der Waals surface area contributed by atoms with Gasteiger partial charge in [0.15, 0.2) is 0 Å². The van der Waals surface area contributed by atoms with Crippen LogP contribution in [0, 0.1) is 11.6 Å². The molecule has 0 heterocycles. The lowest BCUT2D eigenvalue weighted by Gasteiger charge is -2.06. The minimum atomic E-state index is -0.370. The Morgan fingerprint density at radius 2 is 1.04 bits per heavy atom. The highest BCUT2D eigenvalue weighted by Crippen LogP contribution is 2.21. The molecular weight excluding hydrogens is 354 g/mol. The van der Waals surface area contributed by atoms with Gasteiger partial charge in [-0.3, -0.25) is 9.59 Å². The minimum absolute atomic E-state index is 0.159. The molecule has 126 valence electrons. The van der Waals surface area contributed by atoms with Crippen LogP contribution in [0.1, 0.15) is 0 Å². The van der Waals surface area contributed by atoms with Gasteiger partial charge in [0, 0.05) is 11.4 Å². The quantitative estimate of drug-likeness (QED) is 0.574. The third-order valence-corrected chi connectivity index (χ3v) is 4.85. The maximum absolute atomic E-state index is 12.7. The van der Waals surface area contributed by atoms with E-state index in [0.717, 1.165) is 0 Å². The van der Waals surface area contributed by atoms with Crippen LogP contribution in [0.3, 0.4) is 0 Å². The number of anilines is 2. The Bertz CT molecular complexity index is 633. The largest absolute Gasteiger partial charge is 0.325 e. The molecule has 2 aromatic rings. The van der Waals surface area contributed by atoms with Crippen LogP contribution in [0.4, 0.5) is 20.2 Å². The Balaban J connectivity index is 1.63. The first-order valence-corrected chi connectivity index (χ1v) is 9.37. The second kappa shape index (κ2) is 9.29. The van der Waals surface area contributed by atoms with Crippen LogP contribution < -0.4 is 10.6 Å². The highest BCUT2D eigenvalue weighted by molar-refractivity contribution is 8.77. The zero-order chi connectivity index (χ0) is 17.4. The number of hydrogen-bond donors (Lipinski definition) is 2. The van der Waals surface area contributed by atoms with Crippen molar-refractivity contribution >= 4 is 44.8 Å². The Kier molecular flexibility index (Phi) is 7.07. The smallest absolute Gasteiger partial charge is 0.235 e. The molecule has 24 heavy (non-hydrogen) atoms. The van der Waals surface area contributed by atoms with Gasteiger partial charge < -0.3 is 10.6 Å². The SMILES string of the molecule is O=C(CSSCC(=O)Nc1ccc(F)cc1)Nc1ccc(F)cc1. The van der Waals surface area contributed by atoms with Gasteiger partial charge in [-0.1, -0.05) is 21.6 Å². The molecule has 0 aliphatic rings. The van der Waals surface area contributed by atoms with Gasteiger partial charge in [-0.05, 0) is 48.5 Å². The van der Waals surface area contributed by atoms with E-state index in [0.29, 0.717) is 11.4 Å². The van der Waals surface area contributed by atoms with Crippen molar-refractivity contribution in [3.63, 3.8) is 0 Å². The van der Waals surface area contributed by atoms with E-state index >= 15 is 0 Å². The molecule has 2 aromatic carbocycles. The van der Waals surface area contributed by atoms with Gasteiger partial charge in [0.2, 0.25) is 11.8 Å². The summed E-state index contributed by atoms with van der Waals surface area (Å²) in [5.74, 6) is -0.899. The predicted octanol–water partition coefficient (Wildman–Crippen LogP) is 3.92. The fourth-order valence-corrected chi connectivity index (χ4v) is 3.32. The van der Waals surface area contributed by atoms with E-state index in [2.05, 4.69) is 10.6 Å². The highest BCUT2D eigenvalue weighted by atomic mass is 33.1. The predicted molar refractivity (Wildman–Crippen MR) is 95.0 cm³/mol. The summed E-state index contributed by atoms with van der Waals surface area (Å²) in [4.78, 5) is 23.4. The van der Waals surface area contributed by atoms with E-state index in [1.807, 2.05) is 0 Å². The van der Waals surface area contributed by atoms with E-state index in [4.69, 9.17) is 0 Å². The molecule has 0 aliphatic carbocycles. The first-order chi connectivity index (χ1) is 11.5. The second-order valence-electron chi connectivity index (χ2n) is 4.63. The first kappa shape index (κ1) is 18.3. The van der Waals surface area contributed by atoms with E-state index in [1.54, 1.807) is 0 Å². The van der Waals surface area contributed by atoms with Gasteiger partial charge in [-0.2, -0.15) is 0 Å². The summed E-state index contributed by atoms with van der Waals surface area (Å²) in [6.07, 6.45) is 0. The van der Waals surface area contributed by atoms with E-state index < -0.39 is 0 Å². The molecule has 0 aromatic heterocycles. The molecule has 0 atom stereocenters. The molecule has 0 radical (unpaired) electrons. The normalized spacial score (nSPS) is 10.2. The zero-order valence-electron chi connectivity index (χ0n) is 12.4. The lowest BCUT2D eigenvalue weighted by molar-refractivity contribution is -0.114. The molecule has 2 rings (SSSR count). The van der Waals surface area contributed by atoms with Crippen LogP contribution in [-0.4, -0.2) is 23.3 Å². The van der Waals surface area contributed by atoms with Gasteiger partial charge in [0.05, 0.1) is 11.5 Å². The molecule has 4 nitrogen and oxygen atoms in total.